The van der Waals surface area contributed by atoms with Crippen molar-refractivity contribution in [1.29, 1.82) is 0 Å². The van der Waals surface area contributed by atoms with Gasteiger partial charge in [-0.15, -0.1) is 0 Å². The Labute approximate surface area is 322 Å². The summed E-state index contributed by atoms with van der Waals surface area (Å²) in [4.78, 5) is 2.34. The molecule has 2 heterocycles. The highest BCUT2D eigenvalue weighted by molar-refractivity contribution is 7.02. The zero-order chi connectivity index (χ0) is 37.3. The second-order valence-electron chi connectivity index (χ2n) is 15.2. The van der Waals surface area contributed by atoms with Gasteiger partial charge in [0.1, 0.15) is 13.9 Å². The maximum absolute atomic E-state index is 14.0. The summed E-state index contributed by atoms with van der Waals surface area (Å²) in [6, 6.07) is 64.7. The summed E-state index contributed by atoms with van der Waals surface area (Å²) in [7, 11) is -1.99. The normalized spacial score (nSPS) is 12.9. The van der Waals surface area contributed by atoms with Crippen molar-refractivity contribution in [2.24, 2.45) is 0 Å². The molecule has 0 atom stereocenters. The predicted molar refractivity (Wildman–Crippen MR) is 233 cm³/mol. The number of benzene rings is 8. The van der Waals surface area contributed by atoms with E-state index in [-0.39, 0.29) is 5.82 Å². The van der Waals surface area contributed by atoms with Crippen LogP contribution in [-0.4, -0.2) is 12.6 Å². The van der Waals surface area contributed by atoms with E-state index in [0.717, 1.165) is 44.6 Å². The van der Waals surface area contributed by atoms with Crippen LogP contribution in [0.5, 0.6) is 0 Å². The molecule has 10 rings (SSSR count). The number of halogens is 1. The molecule has 1 aliphatic rings. The number of hydrogen-bond acceptors (Lipinski definition) is 1. The standard InChI is InChI=1S/C51H39FN2Si/c1-34-16-23-38(24-17-34)53(41-29-30-49-46(33-41)44-12-6-8-14-48(44)54(49)40-27-21-37(52)22-28-40)39-25-18-35(19-26-39)36-20-31-51-47(32-36)43-11-5-4-10-42(43)45-13-7-9-15-50(45)55(51,2)3/h4-33H,1-3H3. The Morgan fingerprint density at radius 1 is 0.455 bits per heavy atom. The molecule has 0 spiro atoms. The second kappa shape index (κ2) is 12.8. The first-order valence-electron chi connectivity index (χ1n) is 19.0. The van der Waals surface area contributed by atoms with E-state index in [2.05, 4.69) is 187 Å². The Bertz CT molecular complexity index is 2900. The summed E-state index contributed by atoms with van der Waals surface area (Å²) in [5, 5.41) is 5.27. The van der Waals surface area contributed by atoms with Gasteiger partial charge in [0.2, 0.25) is 0 Å². The molecule has 55 heavy (non-hydrogen) atoms. The Morgan fingerprint density at radius 2 is 1.02 bits per heavy atom. The molecule has 0 N–H and O–H groups in total. The fraction of sp³-hybridized carbons (Fsp3) is 0.0588. The molecule has 0 fully saturated rings. The third-order valence-electron chi connectivity index (χ3n) is 11.6. The Morgan fingerprint density at radius 3 is 1.76 bits per heavy atom. The summed E-state index contributed by atoms with van der Waals surface area (Å²) < 4.78 is 16.2. The van der Waals surface area contributed by atoms with Crippen LogP contribution in [-0.2, 0) is 0 Å². The van der Waals surface area contributed by atoms with Gasteiger partial charge in [-0.3, -0.25) is 0 Å². The van der Waals surface area contributed by atoms with Crippen LogP contribution >= 0.6 is 0 Å². The maximum Gasteiger partial charge on any atom is 0.123 e. The van der Waals surface area contributed by atoms with Crippen molar-refractivity contribution >= 4 is 57.3 Å². The maximum atomic E-state index is 14.0. The minimum Gasteiger partial charge on any atom is -0.310 e. The quantitative estimate of drug-likeness (QED) is 0.160. The fourth-order valence-corrected chi connectivity index (χ4v) is 11.8. The van der Waals surface area contributed by atoms with E-state index in [1.165, 1.54) is 61.5 Å². The fourth-order valence-electron chi connectivity index (χ4n) is 8.76. The van der Waals surface area contributed by atoms with Gasteiger partial charge >= 0.3 is 0 Å². The minimum absolute atomic E-state index is 0.240. The topological polar surface area (TPSA) is 8.17 Å². The van der Waals surface area contributed by atoms with Crippen LogP contribution in [0, 0.1) is 12.7 Å². The first-order chi connectivity index (χ1) is 26.8. The third kappa shape index (κ3) is 5.44. The van der Waals surface area contributed by atoms with Crippen LogP contribution in [0.2, 0.25) is 13.1 Å². The van der Waals surface area contributed by atoms with Crippen molar-refractivity contribution in [3.05, 3.63) is 193 Å². The van der Waals surface area contributed by atoms with Crippen molar-refractivity contribution in [3.63, 3.8) is 0 Å². The van der Waals surface area contributed by atoms with Crippen molar-refractivity contribution in [3.8, 4) is 39.1 Å². The molecule has 0 bridgehead atoms. The van der Waals surface area contributed by atoms with Gasteiger partial charge in [0.05, 0.1) is 11.0 Å². The molecule has 0 radical (unpaired) electrons. The molecule has 0 saturated heterocycles. The monoisotopic (exact) mass is 726 g/mol. The molecular weight excluding hydrogens is 688 g/mol. The van der Waals surface area contributed by atoms with E-state index >= 15 is 0 Å². The van der Waals surface area contributed by atoms with Crippen LogP contribution in [0.3, 0.4) is 0 Å². The first-order valence-corrected chi connectivity index (χ1v) is 22.0. The van der Waals surface area contributed by atoms with Gasteiger partial charge in [0, 0.05) is 33.5 Å². The number of nitrogens with zero attached hydrogens (tertiary/aromatic N) is 2. The molecule has 0 aliphatic carbocycles. The van der Waals surface area contributed by atoms with Gasteiger partial charge in [-0.05, 0) is 130 Å². The lowest BCUT2D eigenvalue weighted by atomic mass is 9.92. The van der Waals surface area contributed by atoms with Gasteiger partial charge < -0.3 is 9.47 Å². The average Bonchev–Trinajstić information content (AvgIpc) is 3.52. The summed E-state index contributed by atoms with van der Waals surface area (Å²) in [6.07, 6.45) is 0. The lowest BCUT2D eigenvalue weighted by molar-refractivity contribution is 0.627. The molecule has 0 saturated carbocycles. The van der Waals surface area contributed by atoms with E-state index < -0.39 is 8.07 Å². The van der Waals surface area contributed by atoms with Gasteiger partial charge in [0.25, 0.3) is 0 Å². The number of anilines is 3. The van der Waals surface area contributed by atoms with Crippen LogP contribution in [0.1, 0.15) is 5.56 Å². The summed E-state index contributed by atoms with van der Waals surface area (Å²) in [5.74, 6) is -0.240. The van der Waals surface area contributed by atoms with Crippen molar-refractivity contribution in [2.45, 2.75) is 20.0 Å². The zero-order valence-corrected chi connectivity index (χ0v) is 32.1. The summed E-state index contributed by atoms with van der Waals surface area (Å²) in [6.45, 7) is 7.10. The number of aryl methyl sites for hydroxylation is 1. The van der Waals surface area contributed by atoms with E-state index in [4.69, 9.17) is 0 Å². The van der Waals surface area contributed by atoms with E-state index in [1.54, 1.807) is 0 Å². The van der Waals surface area contributed by atoms with Crippen molar-refractivity contribution < 1.29 is 4.39 Å². The molecule has 8 aromatic carbocycles. The number of aromatic nitrogens is 1. The molecule has 0 unspecified atom stereocenters. The highest BCUT2D eigenvalue weighted by atomic mass is 28.3. The smallest absolute Gasteiger partial charge is 0.123 e. The summed E-state index contributed by atoms with van der Waals surface area (Å²) >= 11 is 0. The number of rotatable bonds is 5. The highest BCUT2D eigenvalue weighted by Crippen LogP contribution is 2.41. The molecule has 2 nitrogen and oxygen atoms in total. The predicted octanol–water partition coefficient (Wildman–Crippen LogP) is 12.8. The lowest BCUT2D eigenvalue weighted by Gasteiger charge is -2.27. The molecule has 1 aromatic heterocycles. The third-order valence-corrected chi connectivity index (χ3v) is 15.1. The molecule has 264 valence electrons. The molecular formula is C51H39FN2Si. The van der Waals surface area contributed by atoms with Gasteiger partial charge in [0.15, 0.2) is 0 Å². The summed E-state index contributed by atoms with van der Waals surface area (Å²) in [5.41, 5.74) is 15.3. The Balaban J connectivity index is 1.09. The van der Waals surface area contributed by atoms with Gasteiger partial charge in [-0.2, -0.15) is 0 Å². The van der Waals surface area contributed by atoms with Gasteiger partial charge in [-0.1, -0.05) is 122 Å². The molecule has 4 heteroatoms. The van der Waals surface area contributed by atoms with Crippen molar-refractivity contribution in [1.82, 2.24) is 4.57 Å². The molecule has 1 aliphatic heterocycles. The minimum atomic E-state index is -1.99. The van der Waals surface area contributed by atoms with Gasteiger partial charge in [-0.25, -0.2) is 4.39 Å². The SMILES string of the molecule is Cc1ccc(N(c2ccc(-c3ccc4c(c3)-c3ccccc3-c3ccccc3[Si]4(C)C)cc2)c2ccc3c(c2)c2ccccc2n3-c2ccc(F)cc2)cc1. The average molecular weight is 727 g/mol. The van der Waals surface area contributed by atoms with Crippen LogP contribution in [0.15, 0.2) is 182 Å². The lowest BCUT2D eigenvalue weighted by Crippen LogP contribution is -2.53. The highest BCUT2D eigenvalue weighted by Gasteiger charge is 2.34. The van der Waals surface area contributed by atoms with Crippen LogP contribution in [0.25, 0.3) is 60.9 Å². The Hall–Kier alpha value is -6.49. The van der Waals surface area contributed by atoms with E-state index in [0.29, 0.717) is 0 Å². The number of fused-ring (bicyclic) bond motifs is 8. The number of hydrogen-bond donors (Lipinski definition) is 0. The zero-order valence-electron chi connectivity index (χ0n) is 31.1. The molecule has 9 aromatic rings. The largest absolute Gasteiger partial charge is 0.310 e. The van der Waals surface area contributed by atoms with Crippen molar-refractivity contribution in [2.75, 3.05) is 4.90 Å². The van der Waals surface area contributed by atoms with Crippen LogP contribution in [0.4, 0.5) is 21.5 Å². The molecule has 0 amide bonds. The first kappa shape index (κ1) is 33.1. The van der Waals surface area contributed by atoms with E-state index in [1.807, 2.05) is 12.1 Å². The van der Waals surface area contributed by atoms with Crippen LogP contribution < -0.4 is 15.3 Å². The van der Waals surface area contributed by atoms with E-state index in [9.17, 15) is 4.39 Å². The second-order valence-corrected chi connectivity index (χ2v) is 19.6. The Kier molecular flexibility index (Phi) is 7.72. The number of para-hydroxylation sites is 1.